The van der Waals surface area contributed by atoms with Crippen LogP contribution in [-0.2, 0) is 0 Å². The molecule has 21 heavy (non-hydrogen) atoms. The van der Waals surface area contributed by atoms with Crippen LogP contribution in [0.5, 0.6) is 5.75 Å². The third kappa shape index (κ3) is 4.33. The molecule has 0 spiro atoms. The second-order valence-corrected chi connectivity index (χ2v) is 5.65. The molecule has 0 fully saturated rings. The van der Waals surface area contributed by atoms with Crippen LogP contribution in [-0.4, -0.2) is 13.7 Å². The molecular weight excluding hydrogens is 258 g/mol. The Hall–Kier alpha value is -1.80. The summed E-state index contributed by atoms with van der Waals surface area (Å²) < 4.78 is 5.87. The van der Waals surface area contributed by atoms with Gasteiger partial charge in [-0.1, -0.05) is 35.9 Å². The second kappa shape index (κ2) is 7.28. The van der Waals surface area contributed by atoms with Gasteiger partial charge in [0.15, 0.2) is 0 Å². The first-order valence-corrected chi connectivity index (χ1v) is 7.54. The van der Waals surface area contributed by atoms with Crippen molar-refractivity contribution < 1.29 is 4.74 Å². The number of aryl methyl sites for hydroxylation is 3. The van der Waals surface area contributed by atoms with Gasteiger partial charge in [0.1, 0.15) is 5.75 Å². The van der Waals surface area contributed by atoms with Crippen LogP contribution in [0.1, 0.15) is 34.7 Å². The highest BCUT2D eigenvalue weighted by Crippen LogP contribution is 2.22. The first kappa shape index (κ1) is 15.6. The second-order valence-electron chi connectivity index (χ2n) is 5.65. The van der Waals surface area contributed by atoms with Crippen molar-refractivity contribution in [2.75, 3.05) is 13.7 Å². The van der Waals surface area contributed by atoms with E-state index < -0.39 is 0 Å². The zero-order chi connectivity index (χ0) is 15.2. The first-order chi connectivity index (χ1) is 10.1. The first-order valence-electron chi connectivity index (χ1n) is 7.54. The van der Waals surface area contributed by atoms with Crippen LogP contribution < -0.4 is 10.1 Å². The molecule has 2 nitrogen and oxygen atoms in total. The Kier molecular flexibility index (Phi) is 5.40. The third-order valence-corrected chi connectivity index (χ3v) is 3.82. The number of hydrogen-bond acceptors (Lipinski definition) is 2. The Bertz CT molecular complexity index is 592. The molecule has 0 aromatic heterocycles. The van der Waals surface area contributed by atoms with Gasteiger partial charge in [-0.25, -0.2) is 0 Å². The lowest BCUT2D eigenvalue weighted by atomic mass is 9.97. The molecule has 1 atom stereocenters. The number of benzene rings is 2. The topological polar surface area (TPSA) is 21.3 Å². The van der Waals surface area contributed by atoms with Crippen molar-refractivity contribution >= 4 is 0 Å². The molecule has 0 saturated carbocycles. The van der Waals surface area contributed by atoms with Crippen molar-refractivity contribution in [3.8, 4) is 5.75 Å². The predicted molar refractivity (Wildman–Crippen MR) is 89.0 cm³/mol. The SMILES string of the molecule is CNC(CCOc1cccc(C)c1)c1cc(C)ccc1C. The Morgan fingerprint density at radius 2 is 1.76 bits per heavy atom. The zero-order valence-electron chi connectivity index (χ0n) is 13.4. The van der Waals surface area contributed by atoms with Gasteiger partial charge in [-0.2, -0.15) is 0 Å². The van der Waals surface area contributed by atoms with Gasteiger partial charge in [0.2, 0.25) is 0 Å². The molecule has 0 heterocycles. The van der Waals surface area contributed by atoms with E-state index in [-0.39, 0.29) is 0 Å². The average Bonchev–Trinajstić information content (AvgIpc) is 2.47. The molecule has 0 aliphatic rings. The van der Waals surface area contributed by atoms with Gasteiger partial charge < -0.3 is 10.1 Å². The fourth-order valence-electron chi connectivity index (χ4n) is 2.59. The normalized spacial score (nSPS) is 12.2. The molecule has 1 unspecified atom stereocenters. The van der Waals surface area contributed by atoms with Crippen molar-refractivity contribution in [1.82, 2.24) is 5.32 Å². The quantitative estimate of drug-likeness (QED) is 0.851. The number of hydrogen-bond donors (Lipinski definition) is 1. The van der Waals surface area contributed by atoms with Gasteiger partial charge >= 0.3 is 0 Å². The minimum absolute atomic E-state index is 0.328. The minimum atomic E-state index is 0.328. The summed E-state index contributed by atoms with van der Waals surface area (Å²) in [6.07, 6.45) is 0.953. The van der Waals surface area contributed by atoms with Gasteiger partial charge in [-0.05, 0) is 56.6 Å². The number of nitrogens with one attached hydrogen (secondary N) is 1. The van der Waals surface area contributed by atoms with Crippen LogP contribution in [0.25, 0.3) is 0 Å². The lowest BCUT2D eigenvalue weighted by Gasteiger charge is -2.20. The van der Waals surface area contributed by atoms with Gasteiger partial charge in [-0.3, -0.25) is 0 Å². The van der Waals surface area contributed by atoms with E-state index in [2.05, 4.69) is 56.4 Å². The van der Waals surface area contributed by atoms with Crippen molar-refractivity contribution in [3.63, 3.8) is 0 Å². The molecule has 2 rings (SSSR count). The molecule has 0 bridgehead atoms. The molecule has 1 N–H and O–H groups in total. The van der Waals surface area contributed by atoms with E-state index in [9.17, 15) is 0 Å². The molecule has 0 aliphatic carbocycles. The van der Waals surface area contributed by atoms with Crippen LogP contribution in [0.3, 0.4) is 0 Å². The average molecular weight is 283 g/mol. The van der Waals surface area contributed by atoms with Gasteiger partial charge in [-0.15, -0.1) is 0 Å². The van der Waals surface area contributed by atoms with Gasteiger partial charge in [0, 0.05) is 12.5 Å². The maximum Gasteiger partial charge on any atom is 0.119 e. The van der Waals surface area contributed by atoms with E-state index in [1.807, 2.05) is 19.2 Å². The van der Waals surface area contributed by atoms with E-state index in [1.54, 1.807) is 0 Å². The summed E-state index contributed by atoms with van der Waals surface area (Å²) in [6, 6.07) is 15.2. The molecule has 2 aromatic rings. The molecule has 2 heteroatoms. The summed E-state index contributed by atoms with van der Waals surface area (Å²) in [7, 11) is 2.01. The largest absolute Gasteiger partial charge is 0.494 e. The summed E-state index contributed by atoms with van der Waals surface area (Å²) in [5.74, 6) is 0.950. The van der Waals surface area contributed by atoms with Crippen LogP contribution in [0.4, 0.5) is 0 Å². The summed E-state index contributed by atoms with van der Waals surface area (Å²) in [4.78, 5) is 0. The van der Waals surface area contributed by atoms with Crippen LogP contribution >= 0.6 is 0 Å². The fraction of sp³-hybridized carbons (Fsp3) is 0.368. The Balaban J connectivity index is 1.98. The van der Waals surface area contributed by atoms with Crippen LogP contribution in [0.2, 0.25) is 0 Å². The van der Waals surface area contributed by atoms with Crippen molar-refractivity contribution in [2.24, 2.45) is 0 Å². The lowest BCUT2D eigenvalue weighted by Crippen LogP contribution is -2.20. The molecular formula is C19H25NO. The highest BCUT2D eigenvalue weighted by atomic mass is 16.5. The predicted octanol–water partition coefficient (Wildman–Crippen LogP) is 4.34. The highest BCUT2D eigenvalue weighted by molar-refractivity contribution is 5.33. The highest BCUT2D eigenvalue weighted by Gasteiger charge is 2.12. The molecule has 0 aliphatic heterocycles. The minimum Gasteiger partial charge on any atom is -0.494 e. The van der Waals surface area contributed by atoms with Crippen LogP contribution in [0, 0.1) is 20.8 Å². The van der Waals surface area contributed by atoms with Crippen molar-refractivity contribution in [1.29, 1.82) is 0 Å². The van der Waals surface area contributed by atoms with E-state index >= 15 is 0 Å². The van der Waals surface area contributed by atoms with E-state index in [0.717, 1.165) is 12.2 Å². The standard InChI is InChI=1S/C19H25NO/c1-14-6-5-7-17(12-14)21-11-10-19(20-4)18-13-15(2)8-9-16(18)3/h5-9,12-13,19-20H,10-11H2,1-4H3. The molecule has 0 radical (unpaired) electrons. The third-order valence-electron chi connectivity index (χ3n) is 3.82. The monoisotopic (exact) mass is 283 g/mol. The summed E-state index contributed by atoms with van der Waals surface area (Å²) in [5.41, 5.74) is 5.23. The van der Waals surface area contributed by atoms with Gasteiger partial charge in [0.05, 0.1) is 6.61 Å². The molecule has 0 amide bonds. The molecule has 0 saturated heterocycles. The number of ether oxygens (including phenoxy) is 1. The van der Waals surface area contributed by atoms with Crippen LogP contribution in [0.15, 0.2) is 42.5 Å². The van der Waals surface area contributed by atoms with Crippen molar-refractivity contribution in [3.05, 3.63) is 64.7 Å². The van der Waals surface area contributed by atoms with Crippen molar-refractivity contribution in [2.45, 2.75) is 33.2 Å². The molecule has 112 valence electrons. The summed E-state index contributed by atoms with van der Waals surface area (Å²) in [5, 5.41) is 3.40. The van der Waals surface area contributed by atoms with Gasteiger partial charge in [0.25, 0.3) is 0 Å². The maximum absolute atomic E-state index is 5.87. The Labute approximate surface area is 128 Å². The fourth-order valence-corrected chi connectivity index (χ4v) is 2.59. The summed E-state index contributed by atoms with van der Waals surface area (Å²) in [6.45, 7) is 7.10. The lowest BCUT2D eigenvalue weighted by molar-refractivity contribution is 0.290. The smallest absolute Gasteiger partial charge is 0.119 e. The van der Waals surface area contributed by atoms with E-state index in [0.29, 0.717) is 12.6 Å². The van der Waals surface area contributed by atoms with E-state index in [1.165, 1.54) is 22.3 Å². The number of rotatable bonds is 6. The summed E-state index contributed by atoms with van der Waals surface area (Å²) >= 11 is 0. The Morgan fingerprint density at radius 3 is 2.48 bits per heavy atom. The zero-order valence-corrected chi connectivity index (χ0v) is 13.4. The Morgan fingerprint density at radius 1 is 1.00 bits per heavy atom. The maximum atomic E-state index is 5.87. The molecule has 2 aromatic carbocycles. The van der Waals surface area contributed by atoms with E-state index in [4.69, 9.17) is 4.74 Å².